The van der Waals surface area contributed by atoms with E-state index in [9.17, 15) is 0 Å². The Morgan fingerprint density at radius 1 is 0.824 bits per heavy atom. The Bertz CT molecular complexity index is 477. The van der Waals surface area contributed by atoms with Gasteiger partial charge in [0.25, 0.3) is 0 Å². The van der Waals surface area contributed by atoms with Gasteiger partial charge in [0.2, 0.25) is 0 Å². The fraction of sp³-hybridized carbons (Fsp3) is 0.250. The molecule has 0 heterocycles. The van der Waals surface area contributed by atoms with Crippen molar-refractivity contribution in [2.75, 3.05) is 0 Å². The summed E-state index contributed by atoms with van der Waals surface area (Å²) in [5.41, 5.74) is 4.06. The zero-order valence-corrected chi connectivity index (χ0v) is 11.5. The quantitative estimate of drug-likeness (QED) is 0.728. The van der Waals surface area contributed by atoms with Crippen LogP contribution in [0, 0.1) is 13.8 Å². The summed E-state index contributed by atoms with van der Waals surface area (Å²) in [6.07, 6.45) is 1.11. The third-order valence-electron chi connectivity index (χ3n) is 2.76. The van der Waals surface area contributed by atoms with Crippen molar-refractivity contribution in [2.45, 2.75) is 37.0 Å². The van der Waals surface area contributed by atoms with E-state index in [0.717, 1.165) is 6.42 Å². The van der Waals surface area contributed by atoms with Gasteiger partial charge in [-0.15, -0.1) is 0 Å². The topological polar surface area (TPSA) is 0 Å². The minimum Gasteiger partial charge on any atom is -0.0901 e. The highest BCUT2D eigenvalue weighted by Crippen LogP contribution is 2.29. The first-order chi connectivity index (χ1) is 8.17. The molecule has 2 aromatic carbocycles. The van der Waals surface area contributed by atoms with E-state index in [1.165, 1.54) is 26.5 Å². The van der Waals surface area contributed by atoms with Crippen molar-refractivity contribution >= 4 is 11.8 Å². The van der Waals surface area contributed by atoms with E-state index in [0.29, 0.717) is 0 Å². The Morgan fingerprint density at radius 3 is 1.94 bits per heavy atom. The van der Waals surface area contributed by atoms with Crippen molar-refractivity contribution in [1.82, 2.24) is 0 Å². The molecule has 1 heteroatoms. The maximum atomic E-state index is 2.24. The molecule has 0 N–H and O–H groups in total. The molecule has 88 valence electrons. The molecule has 0 aliphatic carbocycles. The highest BCUT2D eigenvalue weighted by atomic mass is 32.2. The lowest BCUT2D eigenvalue weighted by molar-refractivity contribution is 1.13. The van der Waals surface area contributed by atoms with Gasteiger partial charge in [-0.2, -0.15) is 0 Å². The van der Waals surface area contributed by atoms with Crippen molar-refractivity contribution in [3.05, 3.63) is 59.2 Å². The smallest absolute Gasteiger partial charge is 0.0127 e. The van der Waals surface area contributed by atoms with Gasteiger partial charge in [0.05, 0.1) is 0 Å². The molecule has 0 spiro atoms. The molecule has 0 radical (unpaired) electrons. The van der Waals surface area contributed by atoms with Crippen molar-refractivity contribution in [2.24, 2.45) is 0 Å². The summed E-state index contributed by atoms with van der Waals surface area (Å²) in [4.78, 5) is 2.64. The lowest BCUT2D eigenvalue weighted by atomic mass is 10.2. The van der Waals surface area contributed by atoms with Gasteiger partial charge in [-0.1, -0.05) is 36.9 Å². The van der Waals surface area contributed by atoms with Crippen LogP contribution in [0.25, 0.3) is 0 Å². The van der Waals surface area contributed by atoms with E-state index in [1.807, 2.05) is 11.8 Å². The maximum Gasteiger partial charge on any atom is 0.0127 e. The van der Waals surface area contributed by atoms with Crippen molar-refractivity contribution in [1.29, 1.82) is 0 Å². The van der Waals surface area contributed by atoms with Crippen LogP contribution in [0.5, 0.6) is 0 Å². The second-order valence-electron chi connectivity index (χ2n) is 4.42. The van der Waals surface area contributed by atoms with Crippen molar-refractivity contribution < 1.29 is 0 Å². The lowest BCUT2D eigenvalue weighted by Crippen LogP contribution is -1.81. The molecule has 0 nitrogen and oxygen atoms in total. The molecule has 2 rings (SSSR count). The predicted molar refractivity (Wildman–Crippen MR) is 75.9 cm³/mol. The monoisotopic (exact) mass is 242 g/mol. The Labute approximate surface area is 108 Å². The molecule has 0 aromatic heterocycles. The molecule has 0 atom stereocenters. The first kappa shape index (κ1) is 12.3. The Kier molecular flexibility index (Phi) is 3.90. The first-order valence-electron chi connectivity index (χ1n) is 6.02. The molecule has 0 fully saturated rings. The van der Waals surface area contributed by atoms with Gasteiger partial charge in [0.15, 0.2) is 0 Å². The van der Waals surface area contributed by atoms with Crippen LogP contribution in [0.4, 0.5) is 0 Å². The molecule has 0 aliphatic heterocycles. The first-order valence-corrected chi connectivity index (χ1v) is 6.84. The van der Waals surface area contributed by atoms with Gasteiger partial charge in [0.1, 0.15) is 0 Å². The summed E-state index contributed by atoms with van der Waals surface area (Å²) in [5, 5.41) is 0. The summed E-state index contributed by atoms with van der Waals surface area (Å²) < 4.78 is 0. The van der Waals surface area contributed by atoms with Gasteiger partial charge in [-0.25, -0.2) is 0 Å². The molecule has 2 aromatic rings. The second-order valence-corrected chi connectivity index (χ2v) is 5.57. The van der Waals surface area contributed by atoms with Crippen LogP contribution in [0.3, 0.4) is 0 Å². The van der Waals surface area contributed by atoms with Crippen LogP contribution in [0.2, 0.25) is 0 Å². The molecule has 0 saturated heterocycles. The highest BCUT2D eigenvalue weighted by molar-refractivity contribution is 7.99. The third kappa shape index (κ3) is 3.37. The normalized spacial score (nSPS) is 10.5. The Hall–Kier alpha value is -1.21. The zero-order valence-electron chi connectivity index (χ0n) is 10.7. The molecule has 0 unspecified atom stereocenters. The second kappa shape index (κ2) is 5.42. The number of rotatable bonds is 3. The average molecular weight is 242 g/mol. The van der Waals surface area contributed by atoms with Crippen molar-refractivity contribution in [3.8, 4) is 0 Å². The molecule has 0 bridgehead atoms. The van der Waals surface area contributed by atoms with Gasteiger partial charge in [-0.05, 0) is 61.2 Å². The summed E-state index contributed by atoms with van der Waals surface area (Å²) in [7, 11) is 0. The molecule has 0 aliphatic rings. The van der Waals surface area contributed by atoms with E-state index in [-0.39, 0.29) is 0 Å². The number of hydrogen-bond donors (Lipinski definition) is 0. The van der Waals surface area contributed by atoms with Crippen LogP contribution in [-0.4, -0.2) is 0 Å². The van der Waals surface area contributed by atoms with Gasteiger partial charge < -0.3 is 0 Å². The lowest BCUT2D eigenvalue weighted by Gasteiger charge is -2.05. The van der Waals surface area contributed by atoms with E-state index >= 15 is 0 Å². The fourth-order valence-corrected chi connectivity index (χ4v) is 2.96. The summed E-state index contributed by atoms with van der Waals surface area (Å²) >= 11 is 1.84. The predicted octanol–water partition coefficient (Wildman–Crippen LogP) is 5.02. The largest absolute Gasteiger partial charge is 0.0901 e. The third-order valence-corrected chi connectivity index (χ3v) is 3.74. The van der Waals surface area contributed by atoms with E-state index in [2.05, 4.69) is 63.2 Å². The van der Waals surface area contributed by atoms with Crippen LogP contribution < -0.4 is 0 Å². The van der Waals surface area contributed by atoms with Crippen LogP contribution in [0.15, 0.2) is 52.3 Å². The highest BCUT2D eigenvalue weighted by Gasteiger charge is 1.99. The molecule has 0 amide bonds. The van der Waals surface area contributed by atoms with Gasteiger partial charge >= 0.3 is 0 Å². The Morgan fingerprint density at radius 2 is 1.41 bits per heavy atom. The molecular weight excluding hydrogens is 224 g/mol. The van der Waals surface area contributed by atoms with E-state index in [4.69, 9.17) is 0 Å². The molecular formula is C16H18S. The number of benzene rings is 2. The Balaban J connectivity index is 2.19. The minimum atomic E-state index is 1.11. The van der Waals surface area contributed by atoms with E-state index in [1.54, 1.807) is 0 Å². The van der Waals surface area contributed by atoms with Gasteiger partial charge in [0, 0.05) is 9.79 Å². The van der Waals surface area contributed by atoms with Crippen LogP contribution in [0.1, 0.15) is 23.6 Å². The van der Waals surface area contributed by atoms with Crippen LogP contribution >= 0.6 is 11.8 Å². The van der Waals surface area contributed by atoms with Crippen LogP contribution in [-0.2, 0) is 6.42 Å². The minimum absolute atomic E-state index is 1.11. The fourth-order valence-electron chi connectivity index (χ4n) is 1.92. The molecule has 17 heavy (non-hydrogen) atoms. The summed E-state index contributed by atoms with van der Waals surface area (Å²) in [6, 6.07) is 15.5. The van der Waals surface area contributed by atoms with Crippen molar-refractivity contribution in [3.63, 3.8) is 0 Å². The van der Waals surface area contributed by atoms with Gasteiger partial charge in [-0.3, -0.25) is 0 Å². The maximum absolute atomic E-state index is 2.24. The summed E-state index contributed by atoms with van der Waals surface area (Å²) in [6.45, 7) is 6.49. The summed E-state index contributed by atoms with van der Waals surface area (Å²) in [5.74, 6) is 0. The average Bonchev–Trinajstić information content (AvgIpc) is 2.28. The van der Waals surface area contributed by atoms with E-state index < -0.39 is 0 Å². The number of aryl methyl sites for hydroxylation is 3. The number of hydrogen-bond acceptors (Lipinski definition) is 1. The SMILES string of the molecule is CCc1ccc(Sc2cc(C)cc(C)c2)cc1. The standard InChI is InChI=1S/C16H18S/c1-4-14-5-7-15(8-6-14)17-16-10-12(2)9-13(3)11-16/h5-11H,4H2,1-3H3. The molecule has 0 saturated carbocycles. The zero-order chi connectivity index (χ0) is 12.3.